The zero-order valence-corrected chi connectivity index (χ0v) is 26.7. The molecule has 0 bridgehead atoms. The molecule has 0 radical (unpaired) electrons. The number of alkyl halides is 1. The second-order valence-electron chi connectivity index (χ2n) is 13.6. The molecule has 0 amide bonds. The summed E-state index contributed by atoms with van der Waals surface area (Å²) >= 11 is 0. The number of benzene rings is 1. The summed E-state index contributed by atoms with van der Waals surface area (Å²) in [6, 6.07) is 9.57. The van der Waals surface area contributed by atoms with Crippen LogP contribution in [0.25, 0.3) is 0 Å². The summed E-state index contributed by atoms with van der Waals surface area (Å²) in [6.07, 6.45) is 21.1. The van der Waals surface area contributed by atoms with E-state index in [0.717, 1.165) is 82.6 Å². The summed E-state index contributed by atoms with van der Waals surface area (Å²) in [6.45, 7) is 14.3. The van der Waals surface area contributed by atoms with E-state index in [-0.39, 0.29) is 5.92 Å². The Kier molecular flexibility index (Phi) is 9.13. The van der Waals surface area contributed by atoms with Crippen LogP contribution in [0.1, 0.15) is 65.7 Å². The number of hydrazone groups is 1. The summed E-state index contributed by atoms with van der Waals surface area (Å²) in [7, 11) is 0. The molecule has 5 aliphatic rings. The van der Waals surface area contributed by atoms with Gasteiger partial charge in [-0.15, -0.1) is 0 Å². The Morgan fingerprint density at radius 2 is 1.80 bits per heavy atom. The molecule has 6 atom stereocenters. The normalized spacial score (nSPS) is 31.6. The molecule has 2 heterocycles. The van der Waals surface area contributed by atoms with Gasteiger partial charge in [0.05, 0.1) is 5.69 Å². The lowest BCUT2D eigenvalue weighted by Crippen LogP contribution is -2.50. The van der Waals surface area contributed by atoms with E-state index in [1.54, 1.807) is 6.08 Å². The number of rotatable bonds is 9. The minimum Gasteiger partial charge on any atom is -0.369 e. The predicted octanol–water partition coefficient (Wildman–Crippen LogP) is 8.36. The van der Waals surface area contributed by atoms with Crippen LogP contribution in [0.3, 0.4) is 0 Å². The van der Waals surface area contributed by atoms with Gasteiger partial charge in [-0.3, -0.25) is 4.90 Å². The third-order valence-electron chi connectivity index (χ3n) is 10.8. The fourth-order valence-electron chi connectivity index (χ4n) is 7.85. The van der Waals surface area contributed by atoms with Gasteiger partial charge in [0.2, 0.25) is 0 Å². The van der Waals surface area contributed by atoms with Crippen LogP contribution in [0.15, 0.2) is 89.6 Å². The highest BCUT2D eigenvalue weighted by atomic mass is 19.1. The van der Waals surface area contributed by atoms with Gasteiger partial charge in [0.15, 0.2) is 0 Å². The van der Waals surface area contributed by atoms with Gasteiger partial charge in [-0.1, -0.05) is 49.8 Å². The van der Waals surface area contributed by atoms with Crippen LogP contribution in [-0.4, -0.2) is 60.1 Å². The molecule has 7 heteroatoms. The van der Waals surface area contributed by atoms with E-state index in [1.165, 1.54) is 30.3 Å². The second-order valence-corrected chi connectivity index (χ2v) is 13.6. The van der Waals surface area contributed by atoms with Gasteiger partial charge in [0.25, 0.3) is 0 Å². The second kappa shape index (κ2) is 13.0. The molecule has 236 valence electrons. The number of hydrogen-bond acceptors (Lipinski definition) is 5. The largest absolute Gasteiger partial charge is 0.369 e. The maximum Gasteiger partial charge on any atom is 0.135 e. The van der Waals surface area contributed by atoms with Crippen LogP contribution in [0, 0.1) is 17.8 Å². The van der Waals surface area contributed by atoms with Crippen molar-refractivity contribution < 1.29 is 8.78 Å². The molecule has 5 unspecified atom stereocenters. The first-order chi connectivity index (χ1) is 21.2. The van der Waals surface area contributed by atoms with Gasteiger partial charge in [-0.2, -0.15) is 5.10 Å². The SMILES string of the molecule is C=C1N(c2ccc(N3CCN(C4C=CC(CC[C@@H]5CCC(C6C=CC(F)=CC6(C)F)C5)=CC4)CC3)cc2)N=CN1C(C)CC. The Morgan fingerprint density at radius 3 is 2.48 bits per heavy atom. The van der Waals surface area contributed by atoms with E-state index in [2.05, 4.69) is 82.7 Å². The first-order valence-electron chi connectivity index (χ1n) is 16.7. The number of nitrogens with zero attached hydrogens (tertiary/aromatic N) is 5. The molecule has 0 N–H and O–H groups in total. The predicted molar refractivity (Wildman–Crippen MR) is 179 cm³/mol. The van der Waals surface area contributed by atoms with Crippen molar-refractivity contribution in [3.8, 4) is 0 Å². The third-order valence-corrected chi connectivity index (χ3v) is 10.8. The van der Waals surface area contributed by atoms with Gasteiger partial charge < -0.3 is 9.80 Å². The zero-order chi connectivity index (χ0) is 30.8. The van der Waals surface area contributed by atoms with Crippen molar-refractivity contribution in [3.05, 3.63) is 84.5 Å². The molecule has 6 rings (SSSR count). The molecule has 1 aromatic carbocycles. The van der Waals surface area contributed by atoms with Crippen LogP contribution in [0.2, 0.25) is 0 Å². The van der Waals surface area contributed by atoms with E-state index in [4.69, 9.17) is 0 Å². The number of halogens is 2. The lowest BCUT2D eigenvalue weighted by atomic mass is 9.76. The standard InChI is InChI=1S/C37H49F2N5/c1-5-27(2)43-26-40-44(28(43)3)35-17-15-34(16-18-35)42-22-20-41(21-23-42)33-13-9-29(10-14-33)6-7-30-8-11-31(24-30)36-19-12-32(38)25-37(36,4)39/h9-10,12-13,15-19,25-27,30-31,33,36H,3,5-8,11,14,20-24H2,1-2,4H3/t27?,30-,31?,33?,36?,37?/m1/s1. The Balaban J connectivity index is 0.926. The minimum absolute atomic E-state index is 0.202. The Morgan fingerprint density at radius 1 is 1.05 bits per heavy atom. The number of hydrogen-bond donors (Lipinski definition) is 0. The Hall–Kier alpha value is -3.19. The van der Waals surface area contributed by atoms with E-state index in [0.29, 0.717) is 23.9 Å². The molecule has 3 aliphatic carbocycles. The van der Waals surface area contributed by atoms with E-state index in [9.17, 15) is 4.39 Å². The lowest BCUT2D eigenvalue weighted by molar-refractivity contribution is 0.136. The van der Waals surface area contributed by atoms with Crippen LogP contribution >= 0.6 is 0 Å². The molecular weight excluding hydrogens is 552 g/mol. The zero-order valence-electron chi connectivity index (χ0n) is 26.7. The van der Waals surface area contributed by atoms with Crippen molar-refractivity contribution in [2.24, 2.45) is 22.9 Å². The summed E-state index contributed by atoms with van der Waals surface area (Å²) in [5.41, 5.74) is 2.17. The Labute approximate surface area is 263 Å². The monoisotopic (exact) mass is 601 g/mol. The first kappa shape index (κ1) is 30.8. The van der Waals surface area contributed by atoms with Crippen LogP contribution in [-0.2, 0) is 0 Å². The van der Waals surface area contributed by atoms with Crippen molar-refractivity contribution in [1.29, 1.82) is 0 Å². The molecular formula is C37H49F2N5. The molecule has 1 aromatic rings. The van der Waals surface area contributed by atoms with Gasteiger partial charge in [-0.05, 0) is 101 Å². The quantitative estimate of drug-likeness (QED) is 0.284. The molecule has 0 spiro atoms. The maximum absolute atomic E-state index is 15.1. The van der Waals surface area contributed by atoms with Crippen LogP contribution in [0.5, 0.6) is 0 Å². The highest BCUT2D eigenvalue weighted by Crippen LogP contribution is 2.46. The van der Waals surface area contributed by atoms with Crippen molar-refractivity contribution in [2.45, 2.75) is 83.5 Å². The molecule has 2 aliphatic heterocycles. The lowest BCUT2D eigenvalue weighted by Gasteiger charge is -2.40. The smallest absolute Gasteiger partial charge is 0.135 e. The van der Waals surface area contributed by atoms with Crippen LogP contribution < -0.4 is 9.91 Å². The summed E-state index contributed by atoms with van der Waals surface area (Å²) in [5.74, 6) is 1.20. The number of piperazine rings is 1. The molecule has 2 fully saturated rings. The van der Waals surface area contributed by atoms with Crippen molar-refractivity contribution in [3.63, 3.8) is 0 Å². The van der Waals surface area contributed by atoms with Crippen LogP contribution in [0.4, 0.5) is 20.2 Å². The topological polar surface area (TPSA) is 25.3 Å². The maximum atomic E-state index is 15.1. The van der Waals surface area contributed by atoms with Crippen molar-refractivity contribution in [1.82, 2.24) is 9.80 Å². The fraction of sp³-hybridized carbons (Fsp3) is 0.541. The molecule has 0 aromatic heterocycles. The van der Waals surface area contributed by atoms with Gasteiger partial charge in [0, 0.05) is 49.9 Å². The molecule has 5 nitrogen and oxygen atoms in total. The van der Waals surface area contributed by atoms with E-state index < -0.39 is 11.5 Å². The minimum atomic E-state index is -1.58. The van der Waals surface area contributed by atoms with Gasteiger partial charge in [-0.25, -0.2) is 13.8 Å². The molecule has 44 heavy (non-hydrogen) atoms. The molecule has 1 saturated heterocycles. The summed E-state index contributed by atoms with van der Waals surface area (Å²) in [4.78, 5) is 7.24. The molecule has 1 saturated carbocycles. The average molecular weight is 602 g/mol. The van der Waals surface area contributed by atoms with E-state index in [1.807, 2.05) is 11.3 Å². The van der Waals surface area contributed by atoms with Crippen molar-refractivity contribution in [2.75, 3.05) is 36.1 Å². The van der Waals surface area contributed by atoms with E-state index >= 15 is 4.39 Å². The third kappa shape index (κ3) is 6.58. The Bertz CT molecular complexity index is 1330. The highest BCUT2D eigenvalue weighted by Gasteiger charge is 2.41. The summed E-state index contributed by atoms with van der Waals surface area (Å²) < 4.78 is 28.6. The summed E-state index contributed by atoms with van der Waals surface area (Å²) in [5, 5.41) is 6.51. The number of anilines is 2. The van der Waals surface area contributed by atoms with Gasteiger partial charge in [0.1, 0.15) is 23.7 Å². The van der Waals surface area contributed by atoms with Crippen molar-refractivity contribution >= 4 is 17.7 Å². The fourth-order valence-corrected chi connectivity index (χ4v) is 7.85. The van der Waals surface area contributed by atoms with Gasteiger partial charge >= 0.3 is 0 Å². The highest BCUT2D eigenvalue weighted by molar-refractivity contribution is 5.70. The average Bonchev–Trinajstić information content (AvgIpc) is 3.66. The number of allylic oxidation sites excluding steroid dienone is 6. The first-order valence-corrected chi connectivity index (χ1v) is 16.7.